The van der Waals surface area contributed by atoms with E-state index in [9.17, 15) is 10.1 Å². The number of benzene rings is 2. The highest BCUT2D eigenvalue weighted by atomic mass is 79.9. The molecule has 0 bridgehead atoms. The summed E-state index contributed by atoms with van der Waals surface area (Å²) >= 11 is 9.47. The van der Waals surface area contributed by atoms with Crippen LogP contribution in [0.15, 0.2) is 40.9 Å². The van der Waals surface area contributed by atoms with Crippen LogP contribution in [-0.4, -0.2) is 4.92 Å². The largest absolute Gasteiger partial charge is 0.380 e. The Morgan fingerprint density at radius 2 is 2.10 bits per heavy atom. The standard InChI is InChI=1S/C14H12BrClN2O2/c1-9-10(3-2-4-14(9)18(19)20)8-17-13-7-11(15)5-6-12(13)16/h2-7,17H,8H2,1H3. The molecular formula is C14H12BrClN2O2. The molecule has 6 heteroatoms. The van der Waals surface area contributed by atoms with E-state index in [4.69, 9.17) is 11.6 Å². The van der Waals surface area contributed by atoms with Crippen LogP contribution in [0.5, 0.6) is 0 Å². The quantitative estimate of drug-likeness (QED) is 0.625. The van der Waals surface area contributed by atoms with Crippen LogP contribution in [0.3, 0.4) is 0 Å². The molecule has 4 nitrogen and oxygen atoms in total. The predicted molar refractivity (Wildman–Crippen MR) is 84.3 cm³/mol. The molecule has 0 heterocycles. The minimum atomic E-state index is -0.370. The van der Waals surface area contributed by atoms with Crippen molar-refractivity contribution in [3.63, 3.8) is 0 Å². The number of nitrogens with zero attached hydrogens (tertiary/aromatic N) is 1. The number of halogens is 2. The van der Waals surface area contributed by atoms with Gasteiger partial charge >= 0.3 is 0 Å². The third kappa shape index (κ3) is 3.29. The van der Waals surface area contributed by atoms with Gasteiger partial charge in [0.15, 0.2) is 0 Å². The molecule has 0 aromatic heterocycles. The molecule has 0 radical (unpaired) electrons. The molecule has 1 N–H and O–H groups in total. The van der Waals surface area contributed by atoms with Crippen molar-refractivity contribution < 1.29 is 4.92 Å². The Bertz CT molecular complexity index is 662. The first-order valence-corrected chi connectivity index (χ1v) is 7.08. The highest BCUT2D eigenvalue weighted by Crippen LogP contribution is 2.27. The van der Waals surface area contributed by atoms with E-state index in [0.29, 0.717) is 17.1 Å². The molecule has 0 saturated heterocycles. The van der Waals surface area contributed by atoms with Crippen LogP contribution in [0.1, 0.15) is 11.1 Å². The van der Waals surface area contributed by atoms with Gasteiger partial charge in [-0.05, 0) is 30.7 Å². The number of hydrogen-bond acceptors (Lipinski definition) is 3. The maximum atomic E-state index is 10.9. The maximum Gasteiger partial charge on any atom is 0.272 e. The van der Waals surface area contributed by atoms with Gasteiger partial charge in [-0.2, -0.15) is 0 Å². The van der Waals surface area contributed by atoms with Crippen molar-refractivity contribution in [2.75, 3.05) is 5.32 Å². The van der Waals surface area contributed by atoms with E-state index in [1.165, 1.54) is 6.07 Å². The van der Waals surface area contributed by atoms with Gasteiger partial charge in [0.25, 0.3) is 5.69 Å². The van der Waals surface area contributed by atoms with E-state index >= 15 is 0 Å². The molecule has 0 unspecified atom stereocenters. The van der Waals surface area contributed by atoms with Gasteiger partial charge in [0.1, 0.15) is 0 Å². The molecular weight excluding hydrogens is 344 g/mol. The number of nitro groups is 1. The summed E-state index contributed by atoms with van der Waals surface area (Å²) in [6.07, 6.45) is 0. The number of nitro benzene ring substituents is 1. The van der Waals surface area contributed by atoms with Crippen molar-refractivity contribution in [3.8, 4) is 0 Å². The first-order valence-electron chi connectivity index (χ1n) is 5.91. The SMILES string of the molecule is Cc1c(CNc2cc(Br)ccc2Cl)cccc1[N+](=O)[O-]. The highest BCUT2D eigenvalue weighted by Gasteiger charge is 2.13. The third-order valence-electron chi connectivity index (χ3n) is 3.01. The molecule has 0 fully saturated rings. The Kier molecular flexibility index (Phi) is 4.62. The van der Waals surface area contributed by atoms with Crippen LogP contribution in [0.25, 0.3) is 0 Å². The fraction of sp³-hybridized carbons (Fsp3) is 0.143. The summed E-state index contributed by atoms with van der Waals surface area (Å²) in [5.74, 6) is 0. The lowest BCUT2D eigenvalue weighted by atomic mass is 10.1. The highest BCUT2D eigenvalue weighted by molar-refractivity contribution is 9.10. The molecule has 0 saturated carbocycles. The van der Waals surface area contributed by atoms with Crippen molar-refractivity contribution in [1.82, 2.24) is 0 Å². The summed E-state index contributed by atoms with van der Waals surface area (Å²) in [7, 11) is 0. The average Bonchev–Trinajstić information content (AvgIpc) is 2.41. The Balaban J connectivity index is 2.21. The summed E-state index contributed by atoms with van der Waals surface area (Å²) in [4.78, 5) is 10.5. The molecule has 2 aromatic carbocycles. The lowest BCUT2D eigenvalue weighted by molar-refractivity contribution is -0.385. The van der Waals surface area contributed by atoms with Gasteiger partial charge in [0.2, 0.25) is 0 Å². The van der Waals surface area contributed by atoms with Crippen LogP contribution >= 0.6 is 27.5 Å². The van der Waals surface area contributed by atoms with Gasteiger partial charge in [0.05, 0.1) is 15.6 Å². The summed E-state index contributed by atoms with van der Waals surface area (Å²) in [5, 5.41) is 14.7. The van der Waals surface area contributed by atoms with E-state index in [1.54, 1.807) is 19.1 Å². The monoisotopic (exact) mass is 354 g/mol. The van der Waals surface area contributed by atoms with Crippen molar-refractivity contribution in [3.05, 3.63) is 67.1 Å². The minimum absolute atomic E-state index is 0.129. The van der Waals surface area contributed by atoms with Gasteiger partial charge in [-0.15, -0.1) is 0 Å². The summed E-state index contributed by atoms with van der Waals surface area (Å²) in [5.41, 5.74) is 2.45. The van der Waals surface area contributed by atoms with Crippen LogP contribution in [0.2, 0.25) is 5.02 Å². The second-order valence-electron chi connectivity index (χ2n) is 4.30. The van der Waals surface area contributed by atoms with Gasteiger partial charge < -0.3 is 5.32 Å². The molecule has 0 aliphatic carbocycles. The first kappa shape index (κ1) is 14.8. The second kappa shape index (κ2) is 6.24. The fourth-order valence-electron chi connectivity index (χ4n) is 1.88. The van der Waals surface area contributed by atoms with Gasteiger partial charge in [0, 0.05) is 22.6 Å². The normalized spacial score (nSPS) is 10.3. The van der Waals surface area contributed by atoms with Crippen LogP contribution in [0.4, 0.5) is 11.4 Å². The Morgan fingerprint density at radius 3 is 2.80 bits per heavy atom. The Hall–Kier alpha value is -1.59. The Labute approximate surface area is 130 Å². The van der Waals surface area contributed by atoms with E-state index in [-0.39, 0.29) is 10.6 Å². The molecule has 0 aliphatic heterocycles. The molecule has 0 aliphatic rings. The zero-order valence-electron chi connectivity index (χ0n) is 10.7. The van der Waals surface area contributed by atoms with E-state index in [2.05, 4.69) is 21.2 Å². The smallest absolute Gasteiger partial charge is 0.272 e. The molecule has 20 heavy (non-hydrogen) atoms. The first-order chi connectivity index (χ1) is 9.49. The number of hydrogen-bond donors (Lipinski definition) is 1. The average molecular weight is 356 g/mol. The van der Waals surface area contributed by atoms with E-state index in [1.807, 2.05) is 18.2 Å². The lowest BCUT2D eigenvalue weighted by Crippen LogP contribution is -2.03. The predicted octanol–water partition coefficient (Wildman–Crippen LogP) is 4.93. The molecule has 2 aromatic rings. The lowest BCUT2D eigenvalue weighted by Gasteiger charge is -2.11. The Morgan fingerprint density at radius 1 is 1.35 bits per heavy atom. The van der Waals surface area contributed by atoms with Crippen LogP contribution in [0, 0.1) is 17.0 Å². The van der Waals surface area contributed by atoms with Crippen molar-refractivity contribution in [2.24, 2.45) is 0 Å². The summed E-state index contributed by atoms with van der Waals surface area (Å²) < 4.78 is 0.917. The zero-order valence-corrected chi connectivity index (χ0v) is 13.0. The molecule has 0 spiro atoms. The fourth-order valence-corrected chi connectivity index (χ4v) is 2.43. The van der Waals surface area contributed by atoms with E-state index < -0.39 is 0 Å². The second-order valence-corrected chi connectivity index (χ2v) is 5.62. The van der Waals surface area contributed by atoms with Gasteiger partial charge in [-0.25, -0.2) is 0 Å². The van der Waals surface area contributed by atoms with Crippen molar-refractivity contribution in [2.45, 2.75) is 13.5 Å². The molecule has 104 valence electrons. The summed E-state index contributed by atoms with van der Waals surface area (Å²) in [6.45, 7) is 2.22. The van der Waals surface area contributed by atoms with Gasteiger partial charge in [-0.1, -0.05) is 39.7 Å². The molecule has 0 atom stereocenters. The maximum absolute atomic E-state index is 10.9. The van der Waals surface area contributed by atoms with Crippen LogP contribution < -0.4 is 5.32 Å². The van der Waals surface area contributed by atoms with Crippen LogP contribution in [-0.2, 0) is 6.54 Å². The van der Waals surface area contributed by atoms with E-state index in [0.717, 1.165) is 15.7 Å². The zero-order chi connectivity index (χ0) is 14.7. The minimum Gasteiger partial charge on any atom is -0.380 e. The van der Waals surface area contributed by atoms with Gasteiger partial charge in [-0.3, -0.25) is 10.1 Å². The van der Waals surface area contributed by atoms with Crippen molar-refractivity contribution in [1.29, 1.82) is 0 Å². The van der Waals surface area contributed by atoms with Crippen molar-refractivity contribution >= 4 is 38.9 Å². The molecule has 0 amide bonds. The topological polar surface area (TPSA) is 55.2 Å². The number of anilines is 1. The summed E-state index contributed by atoms with van der Waals surface area (Å²) in [6, 6.07) is 10.6. The number of rotatable bonds is 4. The molecule has 2 rings (SSSR count). The third-order valence-corrected chi connectivity index (χ3v) is 3.83. The number of nitrogens with one attached hydrogen (secondary N) is 1.